The van der Waals surface area contributed by atoms with Crippen LogP contribution in [-0.4, -0.2) is 60.7 Å². The maximum absolute atomic E-state index is 13.5. The van der Waals surface area contributed by atoms with Crippen molar-refractivity contribution >= 4 is 29.8 Å². The zero-order chi connectivity index (χ0) is 36.5. The smallest absolute Gasteiger partial charge is 0.331 e. The van der Waals surface area contributed by atoms with Gasteiger partial charge in [0, 0.05) is 45.3 Å². The van der Waals surface area contributed by atoms with Gasteiger partial charge in [-0.15, -0.1) is 0 Å². The minimum absolute atomic E-state index is 0.208. The highest BCUT2D eigenvalue weighted by Crippen LogP contribution is 2.68. The van der Waals surface area contributed by atoms with Crippen LogP contribution in [0.3, 0.4) is 0 Å². The summed E-state index contributed by atoms with van der Waals surface area (Å²) in [6.45, 7) is 18.9. The Morgan fingerprint density at radius 1 is 0.939 bits per heavy atom. The molecule has 11 nitrogen and oxygen atoms in total. The van der Waals surface area contributed by atoms with E-state index >= 15 is 0 Å². The molecule has 1 aliphatic heterocycles. The van der Waals surface area contributed by atoms with Crippen molar-refractivity contribution in [2.24, 2.45) is 22.7 Å². The summed E-state index contributed by atoms with van der Waals surface area (Å²) in [4.78, 5) is 63.7. The van der Waals surface area contributed by atoms with E-state index in [9.17, 15) is 24.0 Å². The van der Waals surface area contributed by atoms with Gasteiger partial charge in [0.25, 0.3) is 0 Å². The van der Waals surface area contributed by atoms with E-state index in [1.54, 1.807) is 24.3 Å². The zero-order valence-corrected chi connectivity index (χ0v) is 29.9. The molecule has 0 unspecified atom stereocenters. The Morgan fingerprint density at radius 3 is 2.18 bits per heavy atom. The van der Waals surface area contributed by atoms with Crippen molar-refractivity contribution in [2.75, 3.05) is 0 Å². The van der Waals surface area contributed by atoms with Gasteiger partial charge >= 0.3 is 29.8 Å². The number of carbonyl (C=O) groups excluding carboxylic acids is 5. The molecule has 1 spiro atoms. The quantitative estimate of drug-likeness (QED) is 0.0474. The van der Waals surface area contributed by atoms with E-state index in [0.29, 0.717) is 12.8 Å². The van der Waals surface area contributed by atoms with Crippen LogP contribution < -0.4 is 0 Å². The molecule has 0 aromatic heterocycles. The molecule has 270 valence electrons. The molecule has 2 aliphatic carbocycles. The van der Waals surface area contributed by atoms with Crippen LogP contribution in [0.4, 0.5) is 0 Å². The lowest BCUT2D eigenvalue weighted by molar-refractivity contribution is -0.279. The van der Waals surface area contributed by atoms with Gasteiger partial charge in [0.05, 0.1) is 0 Å². The molecule has 0 bridgehead atoms. The lowest BCUT2D eigenvalue weighted by Gasteiger charge is -2.62. The number of ether oxygens (including phenoxy) is 6. The molecule has 49 heavy (non-hydrogen) atoms. The topological polar surface area (TPSA) is 141 Å². The molecular formula is C38H52O11. The lowest BCUT2D eigenvalue weighted by Crippen LogP contribution is -2.69. The summed E-state index contributed by atoms with van der Waals surface area (Å²) in [5, 5.41) is 0. The highest BCUT2D eigenvalue weighted by Gasteiger charge is 2.75. The number of hydrogen-bond acceptors (Lipinski definition) is 11. The first-order chi connectivity index (χ1) is 23.1. The van der Waals surface area contributed by atoms with Gasteiger partial charge in [0.2, 0.25) is 12.6 Å². The highest BCUT2D eigenvalue weighted by molar-refractivity contribution is 5.82. The van der Waals surface area contributed by atoms with Crippen LogP contribution in [0.25, 0.3) is 0 Å². The van der Waals surface area contributed by atoms with Crippen molar-refractivity contribution in [3.8, 4) is 0 Å². The predicted molar refractivity (Wildman–Crippen MR) is 180 cm³/mol. The molecule has 0 aromatic rings. The molecule has 2 fully saturated rings. The Morgan fingerprint density at radius 2 is 1.59 bits per heavy atom. The zero-order valence-electron chi connectivity index (χ0n) is 29.9. The minimum Gasteiger partial charge on any atom is -0.458 e. The third kappa shape index (κ3) is 8.98. The molecule has 0 amide bonds. The Kier molecular flexibility index (Phi) is 13.8. The first-order valence-electron chi connectivity index (χ1n) is 17.0. The molecule has 0 N–H and O–H groups in total. The fourth-order valence-electron chi connectivity index (χ4n) is 7.71. The third-order valence-electron chi connectivity index (χ3n) is 10.0. The van der Waals surface area contributed by atoms with Gasteiger partial charge in [0.15, 0.2) is 6.10 Å². The average Bonchev–Trinajstić information content (AvgIpc) is 3.30. The van der Waals surface area contributed by atoms with Crippen molar-refractivity contribution in [3.63, 3.8) is 0 Å². The van der Waals surface area contributed by atoms with Crippen molar-refractivity contribution in [1.82, 2.24) is 0 Å². The molecule has 3 aliphatic rings. The van der Waals surface area contributed by atoms with Gasteiger partial charge in [-0.2, -0.15) is 0 Å². The second kappa shape index (κ2) is 17.1. The molecular weight excluding hydrogens is 632 g/mol. The predicted octanol–water partition coefficient (Wildman–Crippen LogP) is 6.37. The van der Waals surface area contributed by atoms with E-state index in [0.717, 1.165) is 31.3 Å². The van der Waals surface area contributed by atoms with Crippen molar-refractivity contribution in [3.05, 3.63) is 60.8 Å². The van der Waals surface area contributed by atoms with Gasteiger partial charge < -0.3 is 23.7 Å². The summed E-state index contributed by atoms with van der Waals surface area (Å²) in [5.74, 6) is -4.35. The average molecular weight is 685 g/mol. The van der Waals surface area contributed by atoms with E-state index in [-0.39, 0.29) is 12.0 Å². The maximum Gasteiger partial charge on any atom is 0.331 e. The van der Waals surface area contributed by atoms with Crippen LogP contribution in [-0.2, 0) is 52.4 Å². The SMILES string of the molecule is C=CC(=C)CC[C@]1(C)[C@H](C)[C@@H](OC(=O)/C=C\C=C\CCCCC)[C@H](OC(C)=O)[C@@]23C(=C[C@H](OC(C)=O)C[C@@H]12)[C@@H](OC(C)=O)O[C@@H]3OC(C)=O. The maximum atomic E-state index is 13.5. The van der Waals surface area contributed by atoms with Crippen LogP contribution in [0, 0.1) is 22.7 Å². The van der Waals surface area contributed by atoms with Crippen LogP contribution in [0.2, 0.25) is 0 Å². The lowest BCUT2D eigenvalue weighted by atomic mass is 9.44. The summed E-state index contributed by atoms with van der Waals surface area (Å²) in [6.07, 6.45) is 9.30. The Balaban J connectivity index is 2.28. The summed E-state index contributed by atoms with van der Waals surface area (Å²) < 4.78 is 35.7. The molecule has 9 atom stereocenters. The minimum atomic E-state index is -1.53. The summed E-state index contributed by atoms with van der Waals surface area (Å²) in [5.41, 5.74) is -1.26. The van der Waals surface area contributed by atoms with Crippen LogP contribution in [0.5, 0.6) is 0 Å². The van der Waals surface area contributed by atoms with Crippen LogP contribution in [0.1, 0.15) is 93.4 Å². The molecule has 11 heteroatoms. The normalized spacial score (nSPS) is 32.0. The summed E-state index contributed by atoms with van der Waals surface area (Å²) in [6, 6.07) is 0. The van der Waals surface area contributed by atoms with E-state index < -0.39 is 83.4 Å². The fourth-order valence-corrected chi connectivity index (χ4v) is 7.71. The molecule has 3 rings (SSSR count). The number of allylic oxidation sites excluding steroid dienone is 5. The molecule has 1 saturated carbocycles. The highest BCUT2D eigenvalue weighted by atomic mass is 16.8. The molecule has 0 radical (unpaired) electrons. The molecule has 0 aromatic carbocycles. The van der Waals surface area contributed by atoms with Gasteiger partial charge in [-0.05, 0) is 49.5 Å². The van der Waals surface area contributed by atoms with Crippen LogP contribution in [0.15, 0.2) is 60.8 Å². The summed E-state index contributed by atoms with van der Waals surface area (Å²) in [7, 11) is 0. The van der Waals surface area contributed by atoms with Gasteiger partial charge in [-0.25, -0.2) is 4.79 Å². The molecule has 1 heterocycles. The third-order valence-corrected chi connectivity index (χ3v) is 10.0. The first-order valence-corrected chi connectivity index (χ1v) is 17.0. The molecule has 1 saturated heterocycles. The van der Waals surface area contributed by atoms with Crippen LogP contribution >= 0.6 is 0 Å². The standard InChI is InChI=1S/C38H52O11/c1-10-12-13-14-15-16-17-18-32(43)48-33-24(4)37(9,20-19-23(3)11-2)31-22-29(44-25(5)39)21-30-35(46-27(7)41)49-36(47-28(8)42)38(30,31)34(33)45-26(6)40/h11,15-18,21,24,29,31,33-36H,2-3,10,12-14,19-20,22H2,1,4-9H3/b16-15+,18-17-/t24-,29+,31+,33-,34+,35+,36+,37-,38-/m1/s1. The van der Waals surface area contributed by atoms with Crippen molar-refractivity contribution in [1.29, 1.82) is 0 Å². The summed E-state index contributed by atoms with van der Waals surface area (Å²) >= 11 is 0. The van der Waals surface area contributed by atoms with Gasteiger partial charge in [-0.1, -0.05) is 76.6 Å². The van der Waals surface area contributed by atoms with E-state index in [1.807, 2.05) is 19.9 Å². The van der Waals surface area contributed by atoms with E-state index in [4.69, 9.17) is 28.4 Å². The fraction of sp³-hybridized carbons (Fsp3) is 0.605. The number of rotatable bonds is 15. The van der Waals surface area contributed by atoms with E-state index in [1.165, 1.54) is 33.8 Å². The Bertz CT molecular complexity index is 1380. The number of hydrogen-bond donors (Lipinski definition) is 0. The monoisotopic (exact) mass is 684 g/mol. The van der Waals surface area contributed by atoms with Gasteiger partial charge in [0.1, 0.15) is 17.6 Å². The number of carbonyl (C=O) groups is 5. The second-order valence-corrected chi connectivity index (χ2v) is 13.4. The van der Waals surface area contributed by atoms with Crippen molar-refractivity contribution < 1.29 is 52.4 Å². The Hall–Kier alpha value is -3.99. The van der Waals surface area contributed by atoms with Gasteiger partial charge in [-0.3, -0.25) is 23.9 Å². The number of esters is 5. The number of unbranched alkanes of at least 4 members (excludes halogenated alkanes) is 3. The van der Waals surface area contributed by atoms with Crippen molar-refractivity contribution in [2.45, 2.75) is 124 Å². The first kappa shape index (κ1) is 39.4. The largest absolute Gasteiger partial charge is 0.458 e. The second-order valence-electron chi connectivity index (χ2n) is 13.4. The Labute approximate surface area is 289 Å². The van der Waals surface area contributed by atoms with E-state index in [2.05, 4.69) is 20.1 Å².